The molecule has 43 heavy (non-hydrogen) atoms. The van der Waals surface area contributed by atoms with Gasteiger partial charge >= 0.3 is 5.97 Å². The van der Waals surface area contributed by atoms with Crippen molar-refractivity contribution in [3.05, 3.63) is 11.3 Å². The number of hydrogen-bond donors (Lipinski definition) is 1. The lowest BCUT2D eigenvalue weighted by molar-refractivity contribution is -0.290. The van der Waals surface area contributed by atoms with Crippen LogP contribution >= 0.6 is 0 Å². The first-order valence-corrected chi connectivity index (χ1v) is 17.2. The van der Waals surface area contributed by atoms with Crippen molar-refractivity contribution >= 4 is 5.97 Å². The topological polar surface area (TPSA) is 92.7 Å². The largest absolute Gasteiger partial charge is 0.496 e. The second-order valence-corrected chi connectivity index (χ2v) is 16.0. The number of carbonyl (C=O) groups is 1. The number of carboxylic acid groups (broad SMARTS) is 1. The Bertz CT molecular complexity index is 1010. The summed E-state index contributed by atoms with van der Waals surface area (Å²) in [5.41, 5.74) is -0.620. The first kappa shape index (κ1) is 31.8. The maximum atomic E-state index is 12.6. The molecule has 8 heteroatoms. The van der Waals surface area contributed by atoms with Gasteiger partial charge in [-0.3, -0.25) is 0 Å². The quantitative estimate of drug-likeness (QED) is 0.153. The summed E-state index contributed by atoms with van der Waals surface area (Å²) in [4.78, 5) is 12.6. The van der Waals surface area contributed by atoms with Gasteiger partial charge in [0.15, 0.2) is 0 Å². The zero-order valence-electron chi connectivity index (χ0n) is 27.2. The van der Waals surface area contributed by atoms with E-state index in [1.165, 1.54) is 0 Å². The molecule has 7 aliphatic rings. The van der Waals surface area contributed by atoms with Crippen LogP contribution in [0.5, 0.6) is 0 Å². The Labute approximate surface area is 258 Å². The molecule has 2 atom stereocenters. The Balaban J connectivity index is 1.32. The summed E-state index contributed by atoms with van der Waals surface area (Å²) in [7, 11) is 0. The average Bonchev–Trinajstić information content (AvgIpc) is 2.89. The summed E-state index contributed by atoms with van der Waals surface area (Å²) < 4.78 is 38.1. The first-order chi connectivity index (χ1) is 20.6. The molecule has 8 nitrogen and oxygen atoms in total. The van der Waals surface area contributed by atoms with Crippen LogP contribution < -0.4 is 0 Å². The van der Waals surface area contributed by atoms with Crippen LogP contribution in [0.15, 0.2) is 11.3 Å². The normalized spacial score (nSPS) is 36.7. The van der Waals surface area contributed by atoms with Gasteiger partial charge in [-0.15, -0.1) is 0 Å². The van der Waals surface area contributed by atoms with E-state index in [0.717, 1.165) is 103 Å². The van der Waals surface area contributed by atoms with E-state index >= 15 is 0 Å². The van der Waals surface area contributed by atoms with Crippen molar-refractivity contribution in [1.82, 2.24) is 0 Å². The van der Waals surface area contributed by atoms with Crippen molar-refractivity contribution in [1.29, 1.82) is 0 Å². The van der Waals surface area contributed by atoms with E-state index < -0.39 is 11.4 Å². The maximum Gasteiger partial charge on any atom is 0.334 e. The van der Waals surface area contributed by atoms with Crippen LogP contribution in [0.2, 0.25) is 0 Å². The highest BCUT2D eigenvalue weighted by Crippen LogP contribution is 2.68. The molecule has 4 bridgehead atoms. The molecular weight excluding hydrogens is 548 g/mol. The standard InChI is InChI=1S/C35H56O8/c1-5-8-30(17-38-18-30)23-41-28(26(4)29(36)37)33-11-27-12-34(14-33,42-24-31(9-6-2)19-39-20-31)16-35(13-27,15-33)43-25-32(10-7-3)21-40-22-32/h27H,5-25H2,1-4H3,(H,36,37). The molecule has 0 aromatic rings. The van der Waals surface area contributed by atoms with Crippen LogP contribution in [-0.4, -0.2) is 81.7 Å². The lowest BCUT2D eigenvalue weighted by Gasteiger charge is -2.66. The fourth-order valence-electron chi connectivity index (χ4n) is 10.1. The number of aliphatic carboxylic acids is 1. The van der Waals surface area contributed by atoms with Crippen molar-refractivity contribution in [2.75, 3.05) is 59.5 Å². The third kappa shape index (κ3) is 5.93. The van der Waals surface area contributed by atoms with Crippen LogP contribution in [0.4, 0.5) is 0 Å². The molecule has 7 fully saturated rings. The van der Waals surface area contributed by atoms with Gasteiger partial charge in [0.1, 0.15) is 5.76 Å². The molecule has 3 saturated heterocycles. The number of carboxylic acids is 1. The second-order valence-electron chi connectivity index (χ2n) is 16.0. The molecule has 2 unspecified atom stereocenters. The van der Waals surface area contributed by atoms with E-state index in [-0.39, 0.29) is 27.4 Å². The molecule has 4 aliphatic carbocycles. The minimum atomic E-state index is -0.896. The highest BCUT2D eigenvalue weighted by molar-refractivity contribution is 5.86. The monoisotopic (exact) mass is 604 g/mol. The molecule has 0 amide bonds. The van der Waals surface area contributed by atoms with Crippen LogP contribution in [0.1, 0.15) is 105 Å². The summed E-state index contributed by atoms with van der Waals surface area (Å²) >= 11 is 0. The Morgan fingerprint density at radius 2 is 1.14 bits per heavy atom. The van der Waals surface area contributed by atoms with Gasteiger partial charge in [0, 0.05) is 22.7 Å². The number of rotatable bonds is 17. The molecule has 4 saturated carbocycles. The molecule has 0 radical (unpaired) electrons. The summed E-state index contributed by atoms with van der Waals surface area (Å²) in [6, 6.07) is 0. The van der Waals surface area contributed by atoms with E-state index in [4.69, 9.17) is 28.4 Å². The summed E-state index contributed by atoms with van der Waals surface area (Å²) in [5, 5.41) is 10.4. The van der Waals surface area contributed by atoms with Crippen LogP contribution in [0, 0.1) is 27.6 Å². The zero-order valence-corrected chi connectivity index (χ0v) is 27.2. The van der Waals surface area contributed by atoms with Gasteiger partial charge in [-0.1, -0.05) is 40.0 Å². The van der Waals surface area contributed by atoms with Gasteiger partial charge in [-0.25, -0.2) is 4.79 Å². The number of hydrogen-bond acceptors (Lipinski definition) is 7. The molecule has 0 aromatic heterocycles. The highest BCUT2D eigenvalue weighted by Gasteiger charge is 2.67. The van der Waals surface area contributed by atoms with Gasteiger partial charge in [0.25, 0.3) is 0 Å². The van der Waals surface area contributed by atoms with Crippen LogP contribution in [-0.2, 0) is 33.2 Å². The number of allylic oxidation sites excluding steroid dienone is 1. The summed E-state index contributed by atoms with van der Waals surface area (Å²) in [6.45, 7) is 14.7. The molecule has 3 aliphatic heterocycles. The molecule has 3 heterocycles. The summed E-state index contributed by atoms with van der Waals surface area (Å²) in [5.74, 6) is 0.192. The minimum Gasteiger partial charge on any atom is -0.496 e. The molecule has 0 aromatic carbocycles. The lowest BCUT2D eigenvalue weighted by Crippen LogP contribution is -2.67. The fraction of sp³-hybridized carbons (Fsp3) is 0.914. The number of ether oxygens (including phenoxy) is 6. The van der Waals surface area contributed by atoms with Gasteiger partial charge < -0.3 is 33.5 Å². The minimum absolute atomic E-state index is 0.0308. The third-order valence-electron chi connectivity index (χ3n) is 11.8. The van der Waals surface area contributed by atoms with E-state index in [0.29, 0.717) is 50.3 Å². The first-order valence-electron chi connectivity index (χ1n) is 17.2. The molecule has 0 spiro atoms. The highest BCUT2D eigenvalue weighted by atomic mass is 16.5. The van der Waals surface area contributed by atoms with Crippen molar-refractivity contribution in [3.8, 4) is 0 Å². The molecule has 1 N–H and O–H groups in total. The van der Waals surface area contributed by atoms with Crippen molar-refractivity contribution < 1.29 is 38.3 Å². The molecular formula is C35H56O8. The van der Waals surface area contributed by atoms with Crippen molar-refractivity contribution in [3.63, 3.8) is 0 Å². The molecule has 244 valence electrons. The van der Waals surface area contributed by atoms with Crippen molar-refractivity contribution in [2.45, 2.75) is 116 Å². The Kier molecular flexibility index (Phi) is 8.77. The van der Waals surface area contributed by atoms with Crippen LogP contribution in [0.3, 0.4) is 0 Å². The predicted molar refractivity (Wildman–Crippen MR) is 162 cm³/mol. The van der Waals surface area contributed by atoms with E-state index in [2.05, 4.69) is 20.8 Å². The second kappa shape index (κ2) is 11.9. The van der Waals surface area contributed by atoms with E-state index in [1.54, 1.807) is 6.92 Å². The molecule has 7 rings (SSSR count). The third-order valence-corrected chi connectivity index (χ3v) is 11.8. The summed E-state index contributed by atoms with van der Waals surface area (Å²) in [6.07, 6.45) is 11.9. The Morgan fingerprint density at radius 1 is 0.698 bits per heavy atom. The van der Waals surface area contributed by atoms with E-state index in [9.17, 15) is 9.90 Å². The van der Waals surface area contributed by atoms with Crippen LogP contribution in [0.25, 0.3) is 0 Å². The van der Waals surface area contributed by atoms with Crippen molar-refractivity contribution in [2.24, 2.45) is 27.6 Å². The van der Waals surface area contributed by atoms with Gasteiger partial charge in [0.2, 0.25) is 0 Å². The predicted octanol–water partition coefficient (Wildman–Crippen LogP) is 6.31. The van der Waals surface area contributed by atoms with Gasteiger partial charge in [0.05, 0.1) is 81.7 Å². The van der Waals surface area contributed by atoms with E-state index in [1.807, 2.05) is 0 Å². The smallest absolute Gasteiger partial charge is 0.334 e. The zero-order chi connectivity index (χ0) is 30.4. The lowest BCUT2D eigenvalue weighted by atomic mass is 9.45. The fourth-order valence-corrected chi connectivity index (χ4v) is 10.1. The Hall–Kier alpha value is -1.19. The Morgan fingerprint density at radius 3 is 1.51 bits per heavy atom. The SMILES string of the molecule is CCCC1(COC(=C(C)C(=O)O)C23CC4CC(OCC5(CCC)COC5)(CC(OCC5(CCC)COC5)(C4)C2)C3)COC1. The maximum absolute atomic E-state index is 12.6. The average molecular weight is 605 g/mol. The van der Waals surface area contributed by atoms with Gasteiger partial charge in [-0.05, 0) is 64.2 Å². The van der Waals surface area contributed by atoms with Gasteiger partial charge in [-0.2, -0.15) is 0 Å².